The lowest BCUT2D eigenvalue weighted by atomic mass is 9.95. The number of carboxylic acid groups (broad SMARTS) is 1. The average Bonchev–Trinajstić information content (AvgIpc) is 2.28. The minimum absolute atomic E-state index is 0.148. The van der Waals surface area contributed by atoms with E-state index < -0.39 is 23.7 Å². The molecule has 0 saturated carbocycles. The van der Waals surface area contributed by atoms with E-state index in [2.05, 4.69) is 11.9 Å². The van der Waals surface area contributed by atoms with Crippen LogP contribution < -0.4 is 5.32 Å². The average molecular weight is 285 g/mol. The predicted molar refractivity (Wildman–Crippen MR) is 78.6 cm³/mol. The fourth-order valence-electron chi connectivity index (χ4n) is 1.80. The molecule has 0 saturated heterocycles. The zero-order valence-corrected chi connectivity index (χ0v) is 12.9. The van der Waals surface area contributed by atoms with Crippen LogP contribution in [0.5, 0.6) is 0 Å². The SMILES string of the molecule is C=CCCCCC(C)C(NC(=O)OC(C)(C)C)C(=O)O. The van der Waals surface area contributed by atoms with Crippen LogP contribution in [-0.4, -0.2) is 28.8 Å². The number of unbranched alkanes of at least 4 members (excludes halogenated alkanes) is 2. The molecule has 116 valence electrons. The molecule has 5 heteroatoms. The molecule has 20 heavy (non-hydrogen) atoms. The standard InChI is InChI=1S/C15H27NO4/c1-6-7-8-9-10-11(2)12(13(17)18)16-14(19)20-15(3,4)5/h6,11-12H,1,7-10H2,2-5H3,(H,16,19)(H,17,18). The first kappa shape index (κ1) is 18.5. The van der Waals surface area contributed by atoms with E-state index in [1.54, 1.807) is 20.8 Å². The zero-order valence-electron chi connectivity index (χ0n) is 12.9. The van der Waals surface area contributed by atoms with E-state index in [1.165, 1.54) is 0 Å². The van der Waals surface area contributed by atoms with E-state index in [0.29, 0.717) is 0 Å². The number of nitrogens with one attached hydrogen (secondary N) is 1. The Bertz CT molecular complexity index is 333. The van der Waals surface area contributed by atoms with Crippen molar-refractivity contribution in [2.24, 2.45) is 5.92 Å². The molecule has 0 radical (unpaired) electrons. The Morgan fingerprint density at radius 1 is 1.35 bits per heavy atom. The van der Waals surface area contributed by atoms with Gasteiger partial charge in [0.25, 0.3) is 0 Å². The molecule has 5 nitrogen and oxygen atoms in total. The fourth-order valence-corrected chi connectivity index (χ4v) is 1.80. The molecule has 0 fully saturated rings. The number of aliphatic carboxylic acids is 1. The van der Waals surface area contributed by atoms with Gasteiger partial charge in [-0.05, 0) is 46.0 Å². The van der Waals surface area contributed by atoms with Gasteiger partial charge in [0.05, 0.1) is 0 Å². The lowest BCUT2D eigenvalue weighted by Gasteiger charge is -2.24. The monoisotopic (exact) mass is 285 g/mol. The van der Waals surface area contributed by atoms with Crippen LogP contribution in [0.1, 0.15) is 53.4 Å². The second-order valence-electron chi connectivity index (χ2n) is 6.01. The largest absolute Gasteiger partial charge is 0.480 e. The molecule has 0 aliphatic heterocycles. The summed E-state index contributed by atoms with van der Waals surface area (Å²) in [5, 5.41) is 11.6. The Morgan fingerprint density at radius 3 is 2.40 bits per heavy atom. The summed E-state index contributed by atoms with van der Waals surface area (Å²) in [6, 6.07) is -0.923. The molecule has 2 N–H and O–H groups in total. The summed E-state index contributed by atoms with van der Waals surface area (Å²) < 4.78 is 5.08. The maximum atomic E-state index is 11.6. The Morgan fingerprint density at radius 2 is 1.95 bits per heavy atom. The van der Waals surface area contributed by atoms with Crippen LogP contribution in [0.15, 0.2) is 12.7 Å². The van der Waals surface area contributed by atoms with Crippen molar-refractivity contribution in [3.05, 3.63) is 12.7 Å². The number of carbonyl (C=O) groups excluding carboxylic acids is 1. The number of ether oxygens (including phenoxy) is 1. The highest BCUT2D eigenvalue weighted by atomic mass is 16.6. The second-order valence-corrected chi connectivity index (χ2v) is 6.01. The van der Waals surface area contributed by atoms with Crippen LogP contribution in [0.2, 0.25) is 0 Å². The zero-order chi connectivity index (χ0) is 15.8. The van der Waals surface area contributed by atoms with Gasteiger partial charge in [-0.1, -0.05) is 19.4 Å². The number of hydrogen-bond acceptors (Lipinski definition) is 3. The first-order chi connectivity index (χ1) is 9.17. The van der Waals surface area contributed by atoms with Crippen LogP contribution in [0, 0.1) is 5.92 Å². The van der Waals surface area contributed by atoms with E-state index in [-0.39, 0.29) is 5.92 Å². The minimum atomic E-state index is -1.04. The van der Waals surface area contributed by atoms with E-state index in [0.717, 1.165) is 25.7 Å². The summed E-state index contributed by atoms with van der Waals surface area (Å²) in [4.78, 5) is 22.9. The third-order valence-electron chi connectivity index (χ3n) is 2.83. The topological polar surface area (TPSA) is 75.6 Å². The van der Waals surface area contributed by atoms with Crippen molar-refractivity contribution in [3.63, 3.8) is 0 Å². The van der Waals surface area contributed by atoms with Crippen molar-refractivity contribution in [1.29, 1.82) is 0 Å². The van der Waals surface area contributed by atoms with Gasteiger partial charge in [-0.2, -0.15) is 0 Å². The van der Waals surface area contributed by atoms with Gasteiger partial charge in [0.1, 0.15) is 11.6 Å². The van der Waals surface area contributed by atoms with Crippen LogP contribution >= 0.6 is 0 Å². The lowest BCUT2D eigenvalue weighted by Crippen LogP contribution is -2.47. The van der Waals surface area contributed by atoms with Crippen molar-refractivity contribution >= 4 is 12.1 Å². The molecule has 0 aromatic carbocycles. The fraction of sp³-hybridized carbons (Fsp3) is 0.733. The van der Waals surface area contributed by atoms with Gasteiger partial charge in [-0.25, -0.2) is 9.59 Å². The van der Waals surface area contributed by atoms with Gasteiger partial charge >= 0.3 is 12.1 Å². The third kappa shape index (κ3) is 8.56. The molecule has 0 aromatic rings. The summed E-state index contributed by atoms with van der Waals surface area (Å²) in [6.45, 7) is 10.7. The molecular formula is C15H27NO4. The number of carbonyl (C=O) groups is 2. The number of rotatable bonds is 8. The summed E-state index contributed by atoms with van der Waals surface area (Å²) in [6.07, 6.45) is 4.70. The van der Waals surface area contributed by atoms with Crippen molar-refractivity contribution in [1.82, 2.24) is 5.32 Å². The van der Waals surface area contributed by atoms with Crippen LogP contribution in [0.25, 0.3) is 0 Å². The van der Waals surface area contributed by atoms with Gasteiger partial charge in [0, 0.05) is 0 Å². The molecular weight excluding hydrogens is 258 g/mol. The Labute approximate surface area is 121 Å². The van der Waals surface area contributed by atoms with E-state index in [1.807, 2.05) is 13.0 Å². The highest BCUT2D eigenvalue weighted by Crippen LogP contribution is 2.15. The molecule has 1 amide bonds. The Hall–Kier alpha value is -1.52. The first-order valence-corrected chi connectivity index (χ1v) is 7.00. The lowest BCUT2D eigenvalue weighted by molar-refractivity contribution is -0.140. The van der Waals surface area contributed by atoms with Crippen molar-refractivity contribution in [2.45, 2.75) is 65.0 Å². The number of hydrogen-bond donors (Lipinski definition) is 2. The molecule has 0 aliphatic rings. The molecule has 2 unspecified atom stereocenters. The molecule has 0 heterocycles. The molecule has 0 spiro atoms. The Kier molecular flexibility index (Phi) is 7.96. The number of amides is 1. The predicted octanol–water partition coefficient (Wildman–Crippen LogP) is 3.35. The maximum Gasteiger partial charge on any atom is 0.408 e. The van der Waals surface area contributed by atoms with Gasteiger partial charge in [0.15, 0.2) is 0 Å². The van der Waals surface area contributed by atoms with Gasteiger partial charge in [0.2, 0.25) is 0 Å². The highest BCUT2D eigenvalue weighted by Gasteiger charge is 2.28. The molecule has 0 bridgehead atoms. The number of allylic oxidation sites excluding steroid dienone is 1. The highest BCUT2D eigenvalue weighted by molar-refractivity contribution is 5.80. The maximum absolute atomic E-state index is 11.6. The first-order valence-electron chi connectivity index (χ1n) is 7.00. The normalized spacial score (nSPS) is 14.2. The van der Waals surface area contributed by atoms with E-state index >= 15 is 0 Å². The van der Waals surface area contributed by atoms with Crippen LogP contribution in [0.4, 0.5) is 4.79 Å². The third-order valence-corrected chi connectivity index (χ3v) is 2.83. The van der Waals surface area contributed by atoms with Gasteiger partial charge in [-0.15, -0.1) is 6.58 Å². The second kappa shape index (κ2) is 8.61. The molecule has 0 aliphatic carbocycles. The summed E-state index contributed by atoms with van der Waals surface area (Å²) in [5.41, 5.74) is -0.639. The Balaban J connectivity index is 4.37. The smallest absolute Gasteiger partial charge is 0.408 e. The molecule has 0 aromatic heterocycles. The van der Waals surface area contributed by atoms with Crippen LogP contribution in [0.3, 0.4) is 0 Å². The minimum Gasteiger partial charge on any atom is -0.480 e. The van der Waals surface area contributed by atoms with Crippen LogP contribution in [-0.2, 0) is 9.53 Å². The summed E-state index contributed by atoms with van der Waals surface area (Å²) in [7, 11) is 0. The van der Waals surface area contributed by atoms with Crippen molar-refractivity contribution in [2.75, 3.05) is 0 Å². The molecule has 2 atom stereocenters. The van der Waals surface area contributed by atoms with E-state index in [9.17, 15) is 14.7 Å². The number of carboxylic acids is 1. The quantitative estimate of drug-likeness (QED) is 0.529. The van der Waals surface area contributed by atoms with Crippen molar-refractivity contribution < 1.29 is 19.4 Å². The van der Waals surface area contributed by atoms with Crippen molar-refractivity contribution in [3.8, 4) is 0 Å². The van der Waals surface area contributed by atoms with Gasteiger partial charge in [-0.3, -0.25) is 0 Å². The summed E-state index contributed by atoms with van der Waals surface area (Å²) in [5.74, 6) is -1.18. The van der Waals surface area contributed by atoms with Gasteiger partial charge < -0.3 is 15.2 Å². The van der Waals surface area contributed by atoms with E-state index in [4.69, 9.17) is 4.74 Å². The summed E-state index contributed by atoms with van der Waals surface area (Å²) >= 11 is 0. The number of alkyl carbamates (subject to hydrolysis) is 1. The molecule has 0 rings (SSSR count).